The van der Waals surface area contributed by atoms with Crippen molar-refractivity contribution in [2.24, 2.45) is 5.10 Å². The average Bonchev–Trinajstić information content (AvgIpc) is 3.06. The van der Waals surface area contributed by atoms with Gasteiger partial charge in [0, 0.05) is 30.4 Å². The zero-order valence-corrected chi connectivity index (χ0v) is 13.2. The molecule has 6 heteroatoms. The number of imidazole rings is 1. The Morgan fingerprint density at radius 1 is 0.960 bits per heavy atom. The van der Waals surface area contributed by atoms with Gasteiger partial charge < -0.3 is 4.40 Å². The van der Waals surface area contributed by atoms with Gasteiger partial charge in [0.15, 0.2) is 0 Å². The van der Waals surface area contributed by atoms with E-state index >= 15 is 0 Å². The molecule has 0 aliphatic carbocycles. The first kappa shape index (κ1) is 15.0. The first-order chi connectivity index (χ1) is 12.3. The Labute approximate surface area is 143 Å². The Hall–Kier alpha value is -3.54. The van der Waals surface area contributed by atoms with Gasteiger partial charge in [0.1, 0.15) is 11.5 Å². The van der Waals surface area contributed by atoms with Crippen molar-refractivity contribution in [2.45, 2.75) is 0 Å². The molecule has 1 N–H and O–H groups in total. The summed E-state index contributed by atoms with van der Waals surface area (Å²) in [6.45, 7) is 0. The Bertz CT molecular complexity index is 1020. The minimum absolute atomic E-state index is 0.289. The summed E-state index contributed by atoms with van der Waals surface area (Å²) in [7, 11) is 0. The monoisotopic (exact) mass is 331 g/mol. The van der Waals surface area contributed by atoms with Gasteiger partial charge in [-0.2, -0.15) is 5.10 Å². The van der Waals surface area contributed by atoms with Gasteiger partial charge in [-0.05, 0) is 42.0 Å². The van der Waals surface area contributed by atoms with Gasteiger partial charge in [-0.15, -0.1) is 0 Å². The number of hydrogen-bond acceptors (Lipinski definition) is 4. The van der Waals surface area contributed by atoms with Gasteiger partial charge in [0.25, 0.3) is 0 Å². The number of fused-ring (bicyclic) bond motifs is 1. The van der Waals surface area contributed by atoms with E-state index in [9.17, 15) is 4.39 Å². The van der Waals surface area contributed by atoms with Crippen molar-refractivity contribution in [1.29, 1.82) is 0 Å². The zero-order valence-electron chi connectivity index (χ0n) is 13.2. The highest BCUT2D eigenvalue weighted by Gasteiger charge is 2.05. The van der Waals surface area contributed by atoms with E-state index in [1.165, 1.54) is 12.3 Å². The predicted octanol–water partition coefficient (Wildman–Crippen LogP) is 3.98. The van der Waals surface area contributed by atoms with Crippen LogP contribution < -0.4 is 5.43 Å². The highest BCUT2D eigenvalue weighted by molar-refractivity contribution is 5.79. The van der Waals surface area contributed by atoms with E-state index in [1.807, 2.05) is 42.6 Å². The molecule has 0 amide bonds. The molecule has 3 heterocycles. The fourth-order valence-electron chi connectivity index (χ4n) is 2.45. The van der Waals surface area contributed by atoms with Gasteiger partial charge in [0.05, 0.1) is 17.6 Å². The van der Waals surface area contributed by atoms with Crippen molar-refractivity contribution >= 4 is 17.5 Å². The predicted molar refractivity (Wildman–Crippen MR) is 96.0 cm³/mol. The number of anilines is 1. The molecule has 0 saturated heterocycles. The second-order valence-corrected chi connectivity index (χ2v) is 5.47. The van der Waals surface area contributed by atoms with Crippen molar-refractivity contribution in [3.05, 3.63) is 84.7 Å². The fraction of sp³-hybridized carbons (Fsp3) is 0. The summed E-state index contributed by atoms with van der Waals surface area (Å²) in [5.41, 5.74) is 7.26. The molecule has 5 nitrogen and oxygen atoms in total. The second-order valence-electron chi connectivity index (χ2n) is 5.47. The number of nitrogens with zero attached hydrogens (tertiary/aromatic N) is 4. The molecule has 0 spiro atoms. The van der Waals surface area contributed by atoms with E-state index in [0.717, 1.165) is 22.5 Å². The van der Waals surface area contributed by atoms with Gasteiger partial charge in [-0.25, -0.2) is 9.37 Å². The normalized spacial score (nSPS) is 11.2. The number of hydrogen-bond donors (Lipinski definition) is 1. The fourth-order valence-corrected chi connectivity index (χ4v) is 2.45. The number of rotatable bonds is 4. The van der Waals surface area contributed by atoms with E-state index in [4.69, 9.17) is 0 Å². The molecule has 3 aromatic heterocycles. The number of benzene rings is 1. The Morgan fingerprint density at radius 2 is 1.76 bits per heavy atom. The minimum Gasteiger partial charge on any atom is -0.304 e. The lowest BCUT2D eigenvalue weighted by atomic mass is 10.1. The van der Waals surface area contributed by atoms with Crippen LogP contribution in [-0.2, 0) is 0 Å². The molecule has 0 radical (unpaired) electrons. The number of pyridine rings is 2. The number of nitrogens with one attached hydrogen (secondary N) is 1. The third-order valence-electron chi connectivity index (χ3n) is 3.71. The lowest BCUT2D eigenvalue weighted by Crippen LogP contribution is -1.90. The highest BCUT2D eigenvalue weighted by atomic mass is 19.1. The molecule has 0 fully saturated rings. The zero-order chi connectivity index (χ0) is 17.1. The van der Waals surface area contributed by atoms with Crippen LogP contribution in [0.4, 0.5) is 10.1 Å². The lowest BCUT2D eigenvalue weighted by molar-refractivity contribution is 0.619. The van der Waals surface area contributed by atoms with Crippen molar-refractivity contribution in [2.75, 3.05) is 5.43 Å². The molecule has 122 valence electrons. The van der Waals surface area contributed by atoms with Gasteiger partial charge in [0.2, 0.25) is 0 Å². The molecule has 0 unspecified atom stereocenters. The van der Waals surface area contributed by atoms with Crippen molar-refractivity contribution in [3.8, 4) is 11.3 Å². The Balaban J connectivity index is 1.50. The largest absolute Gasteiger partial charge is 0.304 e. The van der Waals surface area contributed by atoms with Crippen LogP contribution in [-0.4, -0.2) is 20.6 Å². The quantitative estimate of drug-likeness (QED) is 0.454. The number of aromatic nitrogens is 3. The van der Waals surface area contributed by atoms with Crippen LogP contribution in [0, 0.1) is 5.82 Å². The first-order valence-electron chi connectivity index (χ1n) is 7.72. The van der Waals surface area contributed by atoms with Crippen LogP contribution in [0.3, 0.4) is 0 Å². The van der Waals surface area contributed by atoms with Crippen molar-refractivity contribution in [3.63, 3.8) is 0 Å². The summed E-state index contributed by atoms with van der Waals surface area (Å²) in [6, 6.07) is 14.5. The molecule has 0 bridgehead atoms. The van der Waals surface area contributed by atoms with E-state index in [0.29, 0.717) is 5.65 Å². The van der Waals surface area contributed by atoms with E-state index in [1.54, 1.807) is 29.1 Å². The summed E-state index contributed by atoms with van der Waals surface area (Å²) in [5, 5.41) is 4.19. The molecule has 0 aliphatic heterocycles. The number of hydrazone groups is 1. The van der Waals surface area contributed by atoms with E-state index in [-0.39, 0.29) is 5.82 Å². The van der Waals surface area contributed by atoms with Crippen LogP contribution in [0.5, 0.6) is 0 Å². The van der Waals surface area contributed by atoms with Crippen LogP contribution in [0.2, 0.25) is 0 Å². The molecular weight excluding hydrogens is 317 g/mol. The minimum atomic E-state index is -0.289. The van der Waals surface area contributed by atoms with E-state index < -0.39 is 0 Å². The summed E-state index contributed by atoms with van der Waals surface area (Å²) in [6.07, 6.45) is 8.39. The maximum atomic E-state index is 13.3. The Kier molecular flexibility index (Phi) is 3.92. The molecular formula is C19H14FN5. The molecule has 4 rings (SSSR count). The van der Waals surface area contributed by atoms with Gasteiger partial charge >= 0.3 is 0 Å². The molecule has 25 heavy (non-hydrogen) atoms. The molecule has 4 aromatic rings. The molecule has 1 aromatic carbocycles. The van der Waals surface area contributed by atoms with E-state index in [2.05, 4.69) is 20.5 Å². The van der Waals surface area contributed by atoms with Crippen LogP contribution in [0.1, 0.15) is 5.56 Å². The Morgan fingerprint density at radius 3 is 2.56 bits per heavy atom. The van der Waals surface area contributed by atoms with Crippen LogP contribution in [0.15, 0.2) is 78.4 Å². The smallest absolute Gasteiger partial charge is 0.139 e. The summed E-state index contributed by atoms with van der Waals surface area (Å²) < 4.78 is 14.9. The third kappa shape index (κ3) is 3.37. The van der Waals surface area contributed by atoms with Gasteiger partial charge in [-0.1, -0.05) is 12.1 Å². The van der Waals surface area contributed by atoms with Crippen molar-refractivity contribution in [1.82, 2.24) is 14.4 Å². The molecule has 0 saturated carbocycles. The SMILES string of the molecule is Fc1ccc2nc(-c3ccc(NN=Cc4ccncc4)cc3)cn2c1. The maximum absolute atomic E-state index is 13.3. The summed E-state index contributed by atoms with van der Waals surface area (Å²) in [4.78, 5) is 8.46. The first-order valence-corrected chi connectivity index (χ1v) is 7.72. The summed E-state index contributed by atoms with van der Waals surface area (Å²) >= 11 is 0. The molecule has 0 aliphatic rings. The van der Waals surface area contributed by atoms with Crippen LogP contribution in [0.25, 0.3) is 16.9 Å². The number of halogens is 1. The highest BCUT2D eigenvalue weighted by Crippen LogP contribution is 2.21. The topological polar surface area (TPSA) is 54.6 Å². The third-order valence-corrected chi connectivity index (χ3v) is 3.71. The van der Waals surface area contributed by atoms with Crippen LogP contribution >= 0.6 is 0 Å². The molecule has 0 atom stereocenters. The average molecular weight is 331 g/mol. The maximum Gasteiger partial charge on any atom is 0.139 e. The standard InChI is InChI=1S/C19H14FN5/c20-16-3-6-19-23-18(13-25(19)12-16)15-1-4-17(5-2-15)24-22-11-14-7-9-21-10-8-14/h1-13,24H. The van der Waals surface area contributed by atoms with Crippen molar-refractivity contribution < 1.29 is 4.39 Å². The second kappa shape index (κ2) is 6.52. The lowest BCUT2D eigenvalue weighted by Gasteiger charge is -2.01. The van der Waals surface area contributed by atoms with Gasteiger partial charge in [-0.3, -0.25) is 10.4 Å². The summed E-state index contributed by atoms with van der Waals surface area (Å²) in [5.74, 6) is -0.289.